The maximum Gasteiger partial charge on any atom is 0.333 e. The first-order chi connectivity index (χ1) is 10.1. The largest absolute Gasteiger partial charge is 0.384 e. The fourth-order valence-electron chi connectivity index (χ4n) is 2.55. The zero-order valence-electron chi connectivity index (χ0n) is 11.6. The van der Waals surface area contributed by atoms with Crippen LogP contribution in [0.15, 0.2) is 24.3 Å². The number of methoxy groups -OCH3 is 1. The van der Waals surface area contributed by atoms with Crippen molar-refractivity contribution >= 4 is 17.8 Å². The number of nitrogens with zero attached hydrogens (tertiary/aromatic N) is 1. The zero-order chi connectivity index (χ0) is 15.0. The molecule has 21 heavy (non-hydrogen) atoms. The fourth-order valence-corrected chi connectivity index (χ4v) is 2.55. The summed E-state index contributed by atoms with van der Waals surface area (Å²) in [5.41, 5.74) is 0.325. The molecule has 0 aromatic heterocycles. The van der Waals surface area contributed by atoms with Crippen LogP contribution in [0.3, 0.4) is 0 Å². The summed E-state index contributed by atoms with van der Waals surface area (Å²) >= 11 is 0. The molecule has 2 amide bonds. The molecular weight excluding hydrogens is 274 g/mol. The number of rotatable bonds is 5. The molecular formula is C15H15NO5. The lowest BCUT2D eigenvalue weighted by Gasteiger charge is -2.16. The summed E-state index contributed by atoms with van der Waals surface area (Å²) in [6.07, 6.45) is 1.92. The first kappa shape index (κ1) is 13.8. The van der Waals surface area contributed by atoms with Crippen molar-refractivity contribution in [1.29, 1.82) is 0 Å². The second-order valence-electron chi connectivity index (χ2n) is 5.52. The normalized spacial score (nSPS) is 18.6. The summed E-state index contributed by atoms with van der Waals surface area (Å²) in [6.45, 7) is 0.476. The Morgan fingerprint density at radius 2 is 1.76 bits per heavy atom. The summed E-state index contributed by atoms with van der Waals surface area (Å²) in [7, 11) is 1.58. The van der Waals surface area contributed by atoms with Crippen LogP contribution in [0.2, 0.25) is 0 Å². The summed E-state index contributed by atoms with van der Waals surface area (Å²) in [6, 6.07) is 6.40. The topological polar surface area (TPSA) is 72.9 Å². The number of hydroxylamine groups is 2. The van der Waals surface area contributed by atoms with Gasteiger partial charge in [-0.1, -0.05) is 17.2 Å². The van der Waals surface area contributed by atoms with Crippen molar-refractivity contribution in [3.63, 3.8) is 0 Å². The maximum absolute atomic E-state index is 12.1. The molecule has 6 heteroatoms. The molecule has 0 atom stereocenters. The molecule has 1 aromatic carbocycles. The molecule has 0 N–H and O–H groups in total. The predicted molar refractivity (Wildman–Crippen MR) is 71.2 cm³/mol. The van der Waals surface area contributed by atoms with Gasteiger partial charge < -0.3 is 9.57 Å². The Morgan fingerprint density at radius 1 is 1.19 bits per heavy atom. The van der Waals surface area contributed by atoms with Gasteiger partial charge in [0.25, 0.3) is 11.8 Å². The molecule has 1 heterocycles. The van der Waals surface area contributed by atoms with Gasteiger partial charge in [0.15, 0.2) is 0 Å². The molecule has 0 spiro atoms. The average Bonchev–Trinajstić information content (AvgIpc) is 3.18. The van der Waals surface area contributed by atoms with Crippen LogP contribution >= 0.6 is 0 Å². The van der Waals surface area contributed by atoms with E-state index in [4.69, 9.17) is 9.57 Å². The lowest BCUT2D eigenvalue weighted by atomic mass is 10.0. The summed E-state index contributed by atoms with van der Waals surface area (Å²) in [5.74, 6) is -1.78. The lowest BCUT2D eigenvalue weighted by molar-refractivity contribution is -0.170. The number of ether oxygens (including phenoxy) is 1. The van der Waals surface area contributed by atoms with E-state index in [2.05, 4.69) is 0 Å². The summed E-state index contributed by atoms with van der Waals surface area (Å²) in [4.78, 5) is 41.0. The smallest absolute Gasteiger partial charge is 0.333 e. The zero-order valence-corrected chi connectivity index (χ0v) is 11.6. The maximum atomic E-state index is 12.1. The Hall–Kier alpha value is -2.21. The Kier molecular flexibility index (Phi) is 3.25. The van der Waals surface area contributed by atoms with Crippen molar-refractivity contribution in [2.45, 2.75) is 19.3 Å². The highest BCUT2D eigenvalue weighted by Crippen LogP contribution is 2.49. The van der Waals surface area contributed by atoms with Crippen molar-refractivity contribution < 1.29 is 24.0 Å². The number of fused-ring (bicyclic) bond motifs is 1. The molecule has 0 unspecified atom stereocenters. The van der Waals surface area contributed by atoms with Gasteiger partial charge in [0.2, 0.25) is 0 Å². The van der Waals surface area contributed by atoms with E-state index < -0.39 is 17.8 Å². The van der Waals surface area contributed by atoms with E-state index in [-0.39, 0.29) is 23.0 Å². The average molecular weight is 289 g/mol. The molecule has 6 nitrogen and oxygen atoms in total. The number of benzene rings is 1. The molecule has 2 aliphatic rings. The van der Waals surface area contributed by atoms with Crippen molar-refractivity contribution in [3.05, 3.63) is 35.4 Å². The number of carbonyl (C=O) groups excluding carboxylic acids is 3. The third-order valence-electron chi connectivity index (χ3n) is 3.88. The van der Waals surface area contributed by atoms with Crippen molar-refractivity contribution in [2.75, 3.05) is 13.7 Å². The molecule has 0 saturated heterocycles. The monoisotopic (exact) mass is 289 g/mol. The van der Waals surface area contributed by atoms with E-state index in [0.29, 0.717) is 11.7 Å². The minimum absolute atomic E-state index is 0.147. The second-order valence-corrected chi connectivity index (χ2v) is 5.52. The quantitative estimate of drug-likeness (QED) is 0.769. The second kappa shape index (κ2) is 4.96. The Bertz CT molecular complexity index is 585. The van der Waals surface area contributed by atoms with E-state index >= 15 is 0 Å². The third kappa shape index (κ3) is 2.42. The Labute approximate surface area is 121 Å². The molecule has 1 saturated carbocycles. The van der Waals surface area contributed by atoms with Gasteiger partial charge in [0, 0.05) is 12.5 Å². The van der Waals surface area contributed by atoms with Crippen LogP contribution in [0.25, 0.3) is 0 Å². The van der Waals surface area contributed by atoms with Crippen LogP contribution in [-0.4, -0.2) is 36.6 Å². The SMILES string of the molecule is COCC1(CC(=O)ON2C(=O)c3ccccc3C2=O)CC1. The Balaban J connectivity index is 1.68. The van der Waals surface area contributed by atoms with Crippen LogP contribution in [0.1, 0.15) is 40.0 Å². The molecule has 0 bridgehead atoms. The number of hydrogen-bond acceptors (Lipinski definition) is 5. The highest BCUT2D eigenvalue weighted by Gasteiger charge is 2.46. The van der Waals surface area contributed by atoms with Crippen molar-refractivity contribution in [2.24, 2.45) is 5.41 Å². The number of imide groups is 1. The number of hydrogen-bond donors (Lipinski definition) is 0. The molecule has 1 fully saturated rings. The van der Waals surface area contributed by atoms with E-state index in [9.17, 15) is 14.4 Å². The third-order valence-corrected chi connectivity index (χ3v) is 3.88. The van der Waals surface area contributed by atoms with Gasteiger partial charge in [-0.05, 0) is 25.0 Å². The first-order valence-corrected chi connectivity index (χ1v) is 6.74. The number of amides is 2. The van der Waals surface area contributed by atoms with Crippen LogP contribution in [0.4, 0.5) is 0 Å². The van der Waals surface area contributed by atoms with Crippen molar-refractivity contribution in [1.82, 2.24) is 5.06 Å². The van der Waals surface area contributed by atoms with Gasteiger partial charge in [0.1, 0.15) is 0 Å². The van der Waals surface area contributed by atoms with Crippen LogP contribution in [-0.2, 0) is 14.4 Å². The van der Waals surface area contributed by atoms with E-state index in [1.807, 2.05) is 0 Å². The van der Waals surface area contributed by atoms with E-state index in [0.717, 1.165) is 12.8 Å². The Morgan fingerprint density at radius 3 is 2.24 bits per heavy atom. The van der Waals surface area contributed by atoms with Crippen molar-refractivity contribution in [3.8, 4) is 0 Å². The molecule has 0 radical (unpaired) electrons. The molecule has 1 aromatic rings. The van der Waals surface area contributed by atoms with Crippen LogP contribution < -0.4 is 0 Å². The lowest BCUT2D eigenvalue weighted by Crippen LogP contribution is -2.33. The minimum Gasteiger partial charge on any atom is -0.384 e. The summed E-state index contributed by atoms with van der Waals surface area (Å²) < 4.78 is 5.08. The standard InChI is InChI=1S/C15H15NO5/c1-20-9-15(6-7-15)8-12(17)21-16-13(18)10-4-2-3-5-11(10)14(16)19/h2-5H,6-9H2,1H3. The van der Waals surface area contributed by atoms with Crippen LogP contribution in [0.5, 0.6) is 0 Å². The van der Waals surface area contributed by atoms with Gasteiger partial charge in [0.05, 0.1) is 24.2 Å². The van der Waals surface area contributed by atoms with Crippen LogP contribution in [0, 0.1) is 5.41 Å². The predicted octanol–water partition coefficient (Wildman–Crippen LogP) is 1.56. The van der Waals surface area contributed by atoms with Gasteiger partial charge in [-0.15, -0.1) is 0 Å². The number of carbonyl (C=O) groups is 3. The molecule has 1 aliphatic carbocycles. The molecule has 3 rings (SSSR count). The van der Waals surface area contributed by atoms with E-state index in [1.54, 1.807) is 19.2 Å². The van der Waals surface area contributed by atoms with Gasteiger partial charge in [-0.25, -0.2) is 4.79 Å². The summed E-state index contributed by atoms with van der Waals surface area (Å²) in [5, 5.41) is 0.551. The molecule has 110 valence electrons. The highest BCUT2D eigenvalue weighted by molar-refractivity contribution is 6.20. The van der Waals surface area contributed by atoms with Gasteiger partial charge in [-0.3, -0.25) is 9.59 Å². The molecule has 1 aliphatic heterocycles. The highest BCUT2D eigenvalue weighted by atomic mass is 16.7. The van der Waals surface area contributed by atoms with Gasteiger partial charge in [-0.2, -0.15) is 0 Å². The van der Waals surface area contributed by atoms with E-state index in [1.165, 1.54) is 12.1 Å². The minimum atomic E-state index is -0.597. The first-order valence-electron chi connectivity index (χ1n) is 6.74. The van der Waals surface area contributed by atoms with Gasteiger partial charge >= 0.3 is 5.97 Å². The fraction of sp³-hybridized carbons (Fsp3) is 0.400.